The Hall–Kier alpha value is -1.84. The number of hydrogen-bond acceptors (Lipinski definition) is 5. The minimum absolute atomic E-state index is 0.101. The predicted molar refractivity (Wildman–Crippen MR) is 73.6 cm³/mol. The number of hydrogen-bond donors (Lipinski definition) is 0. The van der Waals surface area contributed by atoms with E-state index >= 15 is 0 Å². The van der Waals surface area contributed by atoms with Gasteiger partial charge in [0, 0.05) is 13.1 Å². The van der Waals surface area contributed by atoms with Crippen molar-refractivity contribution in [3.05, 3.63) is 34.3 Å². The molecule has 0 unspecified atom stereocenters. The number of halogens is 4. The zero-order valence-electron chi connectivity index (χ0n) is 11.6. The Morgan fingerprint density at radius 1 is 1.30 bits per heavy atom. The van der Waals surface area contributed by atoms with Crippen LogP contribution in [0.4, 0.5) is 13.2 Å². The summed E-state index contributed by atoms with van der Waals surface area (Å²) in [6.45, 7) is 0.699. The first-order valence-corrected chi connectivity index (χ1v) is 7.59. The molecule has 0 bridgehead atoms. The Labute approximate surface area is 136 Å². The van der Waals surface area contributed by atoms with Gasteiger partial charge in [-0.05, 0) is 40.9 Å². The molecule has 23 heavy (non-hydrogen) atoms. The van der Waals surface area contributed by atoms with E-state index in [1.165, 1.54) is 11.0 Å². The summed E-state index contributed by atoms with van der Waals surface area (Å²) in [6, 6.07) is 3.13. The van der Waals surface area contributed by atoms with Crippen molar-refractivity contribution in [3.63, 3.8) is 0 Å². The van der Waals surface area contributed by atoms with E-state index in [1.807, 2.05) is 0 Å². The molecule has 3 heterocycles. The number of alkyl halides is 3. The zero-order chi connectivity index (χ0) is 16.6. The van der Waals surface area contributed by atoms with Crippen molar-refractivity contribution in [2.75, 3.05) is 13.1 Å². The molecule has 1 atom stereocenters. The highest BCUT2D eigenvalue weighted by Crippen LogP contribution is 2.32. The molecular formula is C13H11BrF3N3O3. The average Bonchev–Trinajstić information content (AvgIpc) is 3.15. The topological polar surface area (TPSA) is 72.4 Å². The smallest absolute Gasteiger partial charge is 0.444 e. The van der Waals surface area contributed by atoms with Gasteiger partial charge in [-0.15, -0.1) is 10.2 Å². The highest BCUT2D eigenvalue weighted by Gasteiger charge is 2.39. The fourth-order valence-electron chi connectivity index (χ4n) is 2.46. The molecule has 1 fully saturated rings. The maximum Gasteiger partial charge on any atom is 0.470 e. The molecule has 1 amide bonds. The highest BCUT2D eigenvalue weighted by molar-refractivity contribution is 9.10. The molecule has 0 N–H and O–H groups in total. The van der Waals surface area contributed by atoms with Crippen molar-refractivity contribution >= 4 is 21.8 Å². The summed E-state index contributed by atoms with van der Waals surface area (Å²) in [7, 11) is 0. The minimum Gasteiger partial charge on any atom is -0.444 e. The van der Waals surface area contributed by atoms with Crippen LogP contribution in [0, 0.1) is 0 Å². The van der Waals surface area contributed by atoms with E-state index in [9.17, 15) is 18.0 Å². The lowest BCUT2D eigenvalue weighted by Gasteiger charge is -2.30. The van der Waals surface area contributed by atoms with Gasteiger partial charge in [-0.1, -0.05) is 0 Å². The van der Waals surface area contributed by atoms with Crippen LogP contribution in [0.3, 0.4) is 0 Å². The molecule has 1 saturated heterocycles. The molecule has 0 aliphatic carbocycles. The third-order valence-electron chi connectivity index (χ3n) is 3.52. The van der Waals surface area contributed by atoms with Crippen LogP contribution < -0.4 is 0 Å². The molecule has 1 aliphatic rings. The second kappa shape index (κ2) is 5.99. The Morgan fingerprint density at radius 3 is 2.70 bits per heavy atom. The Balaban J connectivity index is 1.73. The molecule has 0 spiro atoms. The molecule has 6 nitrogen and oxygen atoms in total. The molecule has 1 aliphatic heterocycles. The zero-order valence-corrected chi connectivity index (χ0v) is 13.2. The van der Waals surface area contributed by atoms with Crippen LogP contribution in [-0.4, -0.2) is 34.1 Å². The third-order valence-corrected chi connectivity index (χ3v) is 3.95. The first kappa shape index (κ1) is 16.0. The van der Waals surface area contributed by atoms with Gasteiger partial charge in [0.15, 0.2) is 10.4 Å². The van der Waals surface area contributed by atoms with Crippen LogP contribution in [0.5, 0.6) is 0 Å². The monoisotopic (exact) mass is 393 g/mol. The molecular weight excluding hydrogens is 383 g/mol. The maximum absolute atomic E-state index is 12.5. The summed E-state index contributed by atoms with van der Waals surface area (Å²) in [6.07, 6.45) is -3.47. The summed E-state index contributed by atoms with van der Waals surface area (Å²) in [5.74, 6) is -2.05. The number of amides is 1. The second-order valence-corrected chi connectivity index (χ2v) is 5.92. The SMILES string of the molecule is O=C(c1ccc(Br)o1)N1CCC[C@@H](c2nnc(C(F)(F)F)o2)C1. The number of likely N-dealkylation sites (tertiary alicyclic amines) is 1. The van der Waals surface area contributed by atoms with Gasteiger partial charge in [-0.25, -0.2) is 0 Å². The minimum atomic E-state index is -4.67. The number of carbonyl (C=O) groups is 1. The lowest BCUT2D eigenvalue weighted by Crippen LogP contribution is -2.39. The van der Waals surface area contributed by atoms with Crippen molar-refractivity contribution < 1.29 is 26.8 Å². The van der Waals surface area contributed by atoms with Gasteiger partial charge in [-0.3, -0.25) is 4.79 Å². The quantitative estimate of drug-likeness (QED) is 0.780. The molecule has 0 radical (unpaired) electrons. The fourth-order valence-corrected chi connectivity index (χ4v) is 2.77. The molecule has 124 valence electrons. The van der Waals surface area contributed by atoms with E-state index in [2.05, 4.69) is 26.1 Å². The van der Waals surface area contributed by atoms with Crippen LogP contribution in [0.25, 0.3) is 0 Å². The molecule has 0 saturated carbocycles. The Bertz CT molecular complexity index is 713. The lowest BCUT2D eigenvalue weighted by atomic mass is 9.98. The van der Waals surface area contributed by atoms with Gasteiger partial charge in [0.2, 0.25) is 5.89 Å². The Kier molecular flexibility index (Phi) is 4.17. The fraction of sp³-hybridized carbons (Fsp3) is 0.462. The van der Waals surface area contributed by atoms with E-state index in [1.54, 1.807) is 6.07 Å². The molecule has 10 heteroatoms. The largest absolute Gasteiger partial charge is 0.470 e. The number of nitrogens with zero attached hydrogens (tertiary/aromatic N) is 3. The van der Waals surface area contributed by atoms with Crippen LogP contribution in [0.1, 0.15) is 41.1 Å². The van der Waals surface area contributed by atoms with E-state index in [-0.39, 0.29) is 24.1 Å². The summed E-state index contributed by atoms with van der Waals surface area (Å²) in [5.41, 5.74) is 0. The predicted octanol–water partition coefficient (Wildman–Crippen LogP) is 3.46. The summed E-state index contributed by atoms with van der Waals surface area (Å²) < 4.78 is 47.9. The van der Waals surface area contributed by atoms with Crippen molar-refractivity contribution in [1.29, 1.82) is 0 Å². The number of furan rings is 1. The Morgan fingerprint density at radius 2 is 2.09 bits per heavy atom. The van der Waals surface area contributed by atoms with Crippen LogP contribution in [-0.2, 0) is 6.18 Å². The van der Waals surface area contributed by atoms with Crippen LogP contribution >= 0.6 is 15.9 Å². The van der Waals surface area contributed by atoms with Crippen LogP contribution in [0.2, 0.25) is 0 Å². The normalized spacial score (nSPS) is 19.1. The van der Waals surface area contributed by atoms with Gasteiger partial charge in [0.1, 0.15) is 0 Å². The number of rotatable bonds is 2. The van der Waals surface area contributed by atoms with Gasteiger partial charge in [0.25, 0.3) is 5.91 Å². The molecule has 0 aromatic carbocycles. The van der Waals surface area contributed by atoms with E-state index in [4.69, 9.17) is 8.83 Å². The van der Waals surface area contributed by atoms with Gasteiger partial charge in [0.05, 0.1) is 5.92 Å². The first-order valence-electron chi connectivity index (χ1n) is 6.80. The standard InChI is InChI=1S/C13H11BrF3N3O3/c14-9-4-3-8(22-9)11(21)20-5-1-2-7(6-20)10-18-19-12(23-10)13(15,16)17/h3-4,7H,1-2,5-6H2/t7-/m1/s1. The average molecular weight is 394 g/mol. The highest BCUT2D eigenvalue weighted by atomic mass is 79.9. The molecule has 2 aromatic rings. The van der Waals surface area contributed by atoms with E-state index < -0.39 is 18.0 Å². The van der Waals surface area contributed by atoms with Crippen molar-refractivity contribution in [3.8, 4) is 0 Å². The molecule has 2 aromatic heterocycles. The molecule has 3 rings (SSSR count). The van der Waals surface area contributed by atoms with Gasteiger partial charge in [-0.2, -0.15) is 13.2 Å². The summed E-state index contributed by atoms with van der Waals surface area (Å²) >= 11 is 3.12. The van der Waals surface area contributed by atoms with Gasteiger partial charge >= 0.3 is 12.1 Å². The number of aromatic nitrogens is 2. The maximum atomic E-state index is 12.5. The van der Waals surface area contributed by atoms with Crippen molar-refractivity contribution in [2.45, 2.75) is 24.9 Å². The second-order valence-electron chi connectivity index (χ2n) is 5.14. The van der Waals surface area contributed by atoms with Crippen molar-refractivity contribution in [2.24, 2.45) is 0 Å². The first-order chi connectivity index (χ1) is 10.8. The van der Waals surface area contributed by atoms with Crippen molar-refractivity contribution in [1.82, 2.24) is 15.1 Å². The number of carbonyl (C=O) groups excluding carboxylic acids is 1. The summed E-state index contributed by atoms with van der Waals surface area (Å²) in [5, 5.41) is 6.50. The third kappa shape index (κ3) is 3.41. The van der Waals surface area contributed by atoms with Crippen LogP contribution in [0.15, 0.2) is 25.6 Å². The van der Waals surface area contributed by atoms with E-state index in [0.717, 1.165) is 0 Å². The van der Waals surface area contributed by atoms with Gasteiger partial charge < -0.3 is 13.7 Å². The van der Waals surface area contributed by atoms with E-state index in [0.29, 0.717) is 24.1 Å². The number of piperidine rings is 1. The summed E-state index contributed by atoms with van der Waals surface area (Å²) in [4.78, 5) is 13.8. The lowest BCUT2D eigenvalue weighted by molar-refractivity contribution is -0.157.